The van der Waals surface area contributed by atoms with Crippen LogP contribution in [-0.2, 0) is 4.79 Å². The van der Waals surface area contributed by atoms with E-state index in [4.69, 9.17) is 5.73 Å². The minimum atomic E-state index is -0.297. The van der Waals surface area contributed by atoms with Gasteiger partial charge in [-0.1, -0.05) is 6.08 Å². The number of nitrogens with zero attached hydrogens (tertiary/aromatic N) is 1. The van der Waals surface area contributed by atoms with Crippen molar-refractivity contribution in [2.75, 3.05) is 13.1 Å². The van der Waals surface area contributed by atoms with Crippen LogP contribution in [0.3, 0.4) is 0 Å². The number of carbonyl (C=O) groups excluding carboxylic acids is 1. The third-order valence-electron chi connectivity index (χ3n) is 4.19. The van der Waals surface area contributed by atoms with Crippen LogP contribution in [0.25, 0.3) is 16.5 Å². The fraction of sp³-hybridized carbons (Fsp3) is 0.312. The summed E-state index contributed by atoms with van der Waals surface area (Å²) < 4.78 is 13.2. The third kappa shape index (κ3) is 2.56. The predicted molar refractivity (Wildman–Crippen MR) is 81.1 cm³/mol. The Morgan fingerprint density at radius 1 is 1.48 bits per heavy atom. The van der Waals surface area contributed by atoms with E-state index in [-0.39, 0.29) is 17.8 Å². The Bertz CT molecular complexity index is 719. The van der Waals surface area contributed by atoms with E-state index in [2.05, 4.69) is 16.0 Å². The van der Waals surface area contributed by atoms with Gasteiger partial charge >= 0.3 is 0 Å². The predicted octanol–water partition coefficient (Wildman–Crippen LogP) is 2.27. The Morgan fingerprint density at radius 2 is 2.29 bits per heavy atom. The quantitative estimate of drug-likeness (QED) is 0.909. The number of hydrogen-bond acceptors (Lipinski definition) is 2. The second-order valence-electron chi connectivity index (χ2n) is 5.44. The number of amides is 1. The molecular weight excluding hydrogens is 269 g/mol. The van der Waals surface area contributed by atoms with Crippen molar-refractivity contribution >= 4 is 22.4 Å². The van der Waals surface area contributed by atoms with E-state index in [9.17, 15) is 9.18 Å². The van der Waals surface area contributed by atoms with Gasteiger partial charge in [0.2, 0.25) is 5.91 Å². The average Bonchev–Trinajstić information content (AvgIpc) is 2.89. The Hall–Kier alpha value is -2.14. The zero-order valence-electron chi connectivity index (χ0n) is 11.9. The molecule has 4 nitrogen and oxygen atoms in total. The molecule has 1 amide bonds. The molecule has 3 N–H and O–H groups in total. The summed E-state index contributed by atoms with van der Waals surface area (Å²) in [5.74, 6) is -0.538. The van der Waals surface area contributed by atoms with E-state index in [1.807, 2.05) is 13.1 Å². The summed E-state index contributed by atoms with van der Waals surface area (Å²) in [7, 11) is 0. The lowest BCUT2D eigenvalue weighted by Gasteiger charge is -2.29. The summed E-state index contributed by atoms with van der Waals surface area (Å²) >= 11 is 0. The largest absolute Gasteiger partial charge is 0.368 e. The van der Waals surface area contributed by atoms with Gasteiger partial charge in [0.05, 0.1) is 6.04 Å². The number of carbonyl (C=O) groups is 1. The summed E-state index contributed by atoms with van der Waals surface area (Å²) in [4.78, 5) is 16.4. The van der Waals surface area contributed by atoms with Crippen molar-refractivity contribution in [1.29, 1.82) is 0 Å². The fourth-order valence-corrected chi connectivity index (χ4v) is 2.83. The molecule has 0 unspecified atom stereocenters. The number of rotatable bonds is 3. The van der Waals surface area contributed by atoms with E-state index in [1.165, 1.54) is 17.7 Å². The van der Waals surface area contributed by atoms with Crippen LogP contribution in [0.4, 0.5) is 4.39 Å². The van der Waals surface area contributed by atoms with E-state index in [1.54, 1.807) is 6.07 Å². The second-order valence-corrected chi connectivity index (χ2v) is 5.44. The van der Waals surface area contributed by atoms with Gasteiger partial charge in [-0.3, -0.25) is 9.69 Å². The fourth-order valence-electron chi connectivity index (χ4n) is 2.83. The maximum absolute atomic E-state index is 13.2. The molecule has 1 aliphatic heterocycles. The van der Waals surface area contributed by atoms with Crippen LogP contribution in [0, 0.1) is 5.82 Å². The van der Waals surface area contributed by atoms with Gasteiger partial charge in [-0.15, -0.1) is 0 Å². The smallest absolute Gasteiger partial charge is 0.234 e. The first-order chi connectivity index (χ1) is 10.1. The summed E-state index contributed by atoms with van der Waals surface area (Å²) in [5.41, 5.74) is 8.48. The number of primary amides is 1. The number of fused-ring (bicyclic) bond motifs is 1. The summed E-state index contributed by atoms with van der Waals surface area (Å²) in [5, 5.41) is 1.03. The van der Waals surface area contributed by atoms with Crippen LogP contribution in [0.2, 0.25) is 0 Å². The Balaban J connectivity index is 1.86. The van der Waals surface area contributed by atoms with Crippen LogP contribution in [0.15, 0.2) is 30.5 Å². The van der Waals surface area contributed by atoms with Gasteiger partial charge in [0.15, 0.2) is 0 Å². The number of nitrogens with two attached hydrogens (primary N) is 1. The highest BCUT2D eigenvalue weighted by atomic mass is 19.1. The molecule has 3 rings (SSSR count). The monoisotopic (exact) mass is 287 g/mol. The van der Waals surface area contributed by atoms with Gasteiger partial charge in [0.1, 0.15) is 5.82 Å². The highest BCUT2D eigenvalue weighted by molar-refractivity contribution is 5.92. The minimum Gasteiger partial charge on any atom is -0.368 e. The minimum absolute atomic E-state index is 0.241. The normalized spacial score (nSPS) is 17.7. The maximum Gasteiger partial charge on any atom is 0.234 e. The molecule has 0 radical (unpaired) electrons. The number of aromatic nitrogens is 1. The number of nitrogens with one attached hydrogen (secondary N) is 1. The molecule has 1 aromatic heterocycles. The van der Waals surface area contributed by atoms with Crippen molar-refractivity contribution in [3.05, 3.63) is 41.9 Å². The van der Waals surface area contributed by atoms with Crippen molar-refractivity contribution in [1.82, 2.24) is 9.88 Å². The van der Waals surface area contributed by atoms with Crippen molar-refractivity contribution in [2.24, 2.45) is 5.73 Å². The number of benzene rings is 1. The molecule has 0 saturated heterocycles. The first kappa shape index (κ1) is 13.8. The van der Waals surface area contributed by atoms with Crippen LogP contribution >= 0.6 is 0 Å². The van der Waals surface area contributed by atoms with Crippen molar-refractivity contribution in [3.8, 4) is 0 Å². The highest BCUT2D eigenvalue weighted by Gasteiger charge is 2.22. The van der Waals surface area contributed by atoms with Gasteiger partial charge in [-0.25, -0.2) is 4.39 Å². The van der Waals surface area contributed by atoms with E-state index in [0.29, 0.717) is 6.54 Å². The van der Waals surface area contributed by atoms with Gasteiger partial charge in [0.25, 0.3) is 0 Å². The second kappa shape index (κ2) is 5.33. The van der Waals surface area contributed by atoms with Crippen molar-refractivity contribution in [3.63, 3.8) is 0 Å². The Kier molecular flexibility index (Phi) is 3.51. The van der Waals surface area contributed by atoms with Gasteiger partial charge in [-0.2, -0.15) is 0 Å². The van der Waals surface area contributed by atoms with Crippen LogP contribution < -0.4 is 5.73 Å². The van der Waals surface area contributed by atoms with Gasteiger partial charge in [-0.05, 0) is 37.1 Å². The number of halogens is 1. The molecule has 2 heterocycles. The maximum atomic E-state index is 13.2. The SMILES string of the molecule is C[C@@H](C(N)=O)N1CC=C(c2c[nH]c3cc(F)ccc23)CC1. The molecule has 1 aliphatic rings. The topological polar surface area (TPSA) is 62.1 Å². The molecule has 1 aromatic carbocycles. The molecule has 5 heteroatoms. The molecule has 1 atom stereocenters. The van der Waals surface area contributed by atoms with E-state index in [0.717, 1.165) is 29.4 Å². The molecular formula is C16H18FN3O. The first-order valence-electron chi connectivity index (χ1n) is 7.05. The number of H-pyrrole nitrogens is 1. The molecule has 21 heavy (non-hydrogen) atoms. The van der Waals surface area contributed by atoms with E-state index < -0.39 is 0 Å². The van der Waals surface area contributed by atoms with E-state index >= 15 is 0 Å². The lowest BCUT2D eigenvalue weighted by atomic mass is 9.98. The van der Waals surface area contributed by atoms with Crippen molar-refractivity contribution < 1.29 is 9.18 Å². The Labute approximate surface area is 122 Å². The summed E-state index contributed by atoms with van der Waals surface area (Å²) in [6.07, 6.45) is 4.89. The van der Waals surface area contributed by atoms with Gasteiger partial charge in [0, 0.05) is 35.8 Å². The zero-order valence-corrected chi connectivity index (χ0v) is 11.9. The molecule has 110 valence electrons. The number of aromatic amines is 1. The molecule has 0 fully saturated rings. The molecule has 0 aliphatic carbocycles. The third-order valence-corrected chi connectivity index (χ3v) is 4.19. The zero-order chi connectivity index (χ0) is 15.0. The lowest BCUT2D eigenvalue weighted by molar-refractivity contribution is -0.122. The molecule has 0 spiro atoms. The molecule has 2 aromatic rings. The van der Waals surface area contributed by atoms with Crippen LogP contribution in [0.5, 0.6) is 0 Å². The summed E-state index contributed by atoms with van der Waals surface area (Å²) in [6, 6.07) is 4.53. The molecule has 0 bridgehead atoms. The highest BCUT2D eigenvalue weighted by Crippen LogP contribution is 2.29. The molecule has 0 saturated carbocycles. The number of hydrogen-bond donors (Lipinski definition) is 2. The van der Waals surface area contributed by atoms with Crippen LogP contribution in [-0.4, -0.2) is 34.9 Å². The van der Waals surface area contributed by atoms with Crippen LogP contribution in [0.1, 0.15) is 18.9 Å². The van der Waals surface area contributed by atoms with Gasteiger partial charge < -0.3 is 10.7 Å². The summed E-state index contributed by atoms with van der Waals surface area (Å²) in [6.45, 7) is 3.33. The average molecular weight is 287 g/mol. The van der Waals surface area contributed by atoms with Crippen molar-refractivity contribution in [2.45, 2.75) is 19.4 Å². The first-order valence-corrected chi connectivity index (χ1v) is 7.05. The lowest BCUT2D eigenvalue weighted by Crippen LogP contribution is -2.44. The Morgan fingerprint density at radius 3 is 2.95 bits per heavy atom. The standard InChI is InChI=1S/C16H18FN3O/c1-10(16(18)21)20-6-4-11(5-7-20)14-9-19-15-8-12(17)2-3-13(14)15/h2-4,8-10,19H,5-7H2,1H3,(H2,18,21)/t10-/m0/s1.